The third-order valence-corrected chi connectivity index (χ3v) is 9.01. The van der Waals surface area contributed by atoms with Crippen molar-refractivity contribution >= 4 is 5.97 Å². The largest absolute Gasteiger partial charge is 0.464 e. The Kier molecular flexibility index (Phi) is 38.4. The summed E-state index contributed by atoms with van der Waals surface area (Å²) in [7, 11) is 4.09. The summed E-state index contributed by atoms with van der Waals surface area (Å²) in [5.41, 5.74) is 0. The summed E-state index contributed by atoms with van der Waals surface area (Å²) in [4.78, 5) is 16.8. The molecule has 0 bridgehead atoms. The predicted molar refractivity (Wildman–Crippen MR) is 214 cm³/mol. The van der Waals surface area contributed by atoms with E-state index in [0.29, 0.717) is 13.0 Å². The molecule has 0 unspecified atom stereocenters. The first-order valence-electron chi connectivity index (χ1n) is 20.7. The van der Waals surface area contributed by atoms with Gasteiger partial charge in [-0.3, -0.25) is 9.69 Å². The number of carbonyl (C=O) groups is 1. The highest BCUT2D eigenvalue weighted by atomic mass is 16.5. The van der Waals surface area contributed by atoms with E-state index < -0.39 is 0 Å². The lowest BCUT2D eigenvalue weighted by atomic mass is 10.1. The number of esters is 1. The molecule has 4 nitrogen and oxygen atoms in total. The predicted octanol–water partition coefficient (Wildman–Crippen LogP) is 12.8. The molecule has 0 aromatic carbocycles. The van der Waals surface area contributed by atoms with Crippen LogP contribution in [0.1, 0.15) is 181 Å². The first kappa shape index (κ1) is 46.4. The van der Waals surface area contributed by atoms with E-state index in [1.54, 1.807) is 0 Å². The van der Waals surface area contributed by atoms with E-state index in [0.717, 1.165) is 45.4 Å². The van der Waals surface area contributed by atoms with Crippen LogP contribution in [0.15, 0.2) is 48.6 Å². The SMILES string of the molecule is CCCCC/C=C/C/C=C/CCCCCCCCN(CCCCCCCC/C=C/C/C=C/CCCCC)CCOC(=O)CCCN(C)C. The molecule has 0 radical (unpaired) electrons. The van der Waals surface area contributed by atoms with Crippen LogP contribution >= 0.6 is 0 Å². The maximum Gasteiger partial charge on any atom is 0.305 e. The van der Waals surface area contributed by atoms with Gasteiger partial charge in [-0.2, -0.15) is 0 Å². The summed E-state index contributed by atoms with van der Waals surface area (Å²) in [6, 6.07) is 0. The monoisotopic (exact) mass is 671 g/mol. The van der Waals surface area contributed by atoms with E-state index in [1.807, 2.05) is 14.1 Å². The van der Waals surface area contributed by atoms with Crippen LogP contribution in [0.3, 0.4) is 0 Å². The Morgan fingerprint density at radius 3 is 1.27 bits per heavy atom. The van der Waals surface area contributed by atoms with E-state index >= 15 is 0 Å². The van der Waals surface area contributed by atoms with Gasteiger partial charge in [0.1, 0.15) is 6.61 Å². The Labute approximate surface area is 300 Å². The first-order chi connectivity index (χ1) is 23.6. The Bertz CT molecular complexity index is 722. The fourth-order valence-corrected chi connectivity index (χ4v) is 5.88. The molecule has 0 atom stereocenters. The van der Waals surface area contributed by atoms with Crippen molar-refractivity contribution < 1.29 is 9.53 Å². The molecule has 4 heteroatoms. The smallest absolute Gasteiger partial charge is 0.305 e. The van der Waals surface area contributed by atoms with E-state index in [2.05, 4.69) is 72.3 Å². The van der Waals surface area contributed by atoms with Crippen LogP contribution in [0.2, 0.25) is 0 Å². The second-order valence-corrected chi connectivity index (χ2v) is 14.1. The number of allylic oxidation sites excluding steroid dienone is 8. The molecular formula is C44H82N2O2. The zero-order valence-electron chi connectivity index (χ0n) is 32.8. The highest BCUT2D eigenvalue weighted by Crippen LogP contribution is 2.12. The van der Waals surface area contributed by atoms with E-state index in [9.17, 15) is 4.79 Å². The Hall–Kier alpha value is -1.65. The molecule has 0 aliphatic carbocycles. The van der Waals surface area contributed by atoms with Gasteiger partial charge in [0.2, 0.25) is 0 Å². The van der Waals surface area contributed by atoms with Gasteiger partial charge in [-0.05, 0) is 117 Å². The van der Waals surface area contributed by atoms with Crippen molar-refractivity contribution in [2.75, 3.05) is 46.9 Å². The second-order valence-electron chi connectivity index (χ2n) is 14.1. The lowest BCUT2D eigenvalue weighted by Crippen LogP contribution is -2.30. The van der Waals surface area contributed by atoms with Crippen molar-refractivity contribution in [3.63, 3.8) is 0 Å². The summed E-state index contributed by atoms with van der Waals surface area (Å²) in [6.45, 7) is 9.13. The summed E-state index contributed by atoms with van der Waals surface area (Å²) in [5.74, 6) is -0.0424. The molecule has 0 N–H and O–H groups in total. The van der Waals surface area contributed by atoms with E-state index in [1.165, 1.54) is 141 Å². The molecule has 0 fully saturated rings. The molecule has 0 aromatic rings. The lowest BCUT2D eigenvalue weighted by Gasteiger charge is -2.22. The Morgan fingerprint density at radius 2 is 0.854 bits per heavy atom. The molecule has 0 aliphatic heterocycles. The van der Waals surface area contributed by atoms with Gasteiger partial charge in [-0.25, -0.2) is 0 Å². The van der Waals surface area contributed by atoms with Gasteiger partial charge in [0, 0.05) is 13.0 Å². The highest BCUT2D eigenvalue weighted by Gasteiger charge is 2.08. The maximum absolute atomic E-state index is 12.2. The van der Waals surface area contributed by atoms with Gasteiger partial charge in [-0.1, -0.05) is 140 Å². The van der Waals surface area contributed by atoms with Gasteiger partial charge in [-0.15, -0.1) is 0 Å². The van der Waals surface area contributed by atoms with Crippen molar-refractivity contribution in [2.24, 2.45) is 0 Å². The van der Waals surface area contributed by atoms with Crippen LogP contribution in [0.5, 0.6) is 0 Å². The molecule has 0 aliphatic rings. The van der Waals surface area contributed by atoms with E-state index in [4.69, 9.17) is 4.74 Å². The molecule has 0 amide bonds. The van der Waals surface area contributed by atoms with Crippen LogP contribution in [-0.4, -0.2) is 62.7 Å². The molecule has 48 heavy (non-hydrogen) atoms. The minimum atomic E-state index is -0.0424. The molecule has 0 saturated heterocycles. The molecule has 0 aromatic heterocycles. The van der Waals surface area contributed by atoms with Gasteiger partial charge < -0.3 is 9.64 Å². The van der Waals surface area contributed by atoms with Crippen LogP contribution in [0, 0.1) is 0 Å². The zero-order chi connectivity index (χ0) is 35.0. The van der Waals surface area contributed by atoms with E-state index in [-0.39, 0.29) is 5.97 Å². The molecule has 0 saturated carbocycles. The minimum Gasteiger partial charge on any atom is -0.464 e. The zero-order valence-corrected chi connectivity index (χ0v) is 32.8. The fraction of sp³-hybridized carbons (Fsp3) is 0.795. The Balaban J connectivity index is 4.07. The second kappa shape index (κ2) is 39.8. The summed E-state index contributed by atoms with van der Waals surface area (Å²) in [6.07, 6.45) is 51.0. The lowest BCUT2D eigenvalue weighted by molar-refractivity contribution is -0.144. The number of rotatable bonds is 37. The molecule has 0 spiro atoms. The third kappa shape index (κ3) is 38.8. The number of hydrogen-bond donors (Lipinski definition) is 0. The summed E-state index contributed by atoms with van der Waals surface area (Å²) in [5, 5.41) is 0. The maximum atomic E-state index is 12.2. The topological polar surface area (TPSA) is 32.8 Å². The van der Waals surface area contributed by atoms with Gasteiger partial charge in [0.25, 0.3) is 0 Å². The first-order valence-corrected chi connectivity index (χ1v) is 20.7. The summed E-state index contributed by atoms with van der Waals surface area (Å²) >= 11 is 0. The van der Waals surface area contributed by atoms with Crippen molar-refractivity contribution in [3.05, 3.63) is 48.6 Å². The normalized spacial score (nSPS) is 12.4. The number of hydrogen-bond acceptors (Lipinski definition) is 4. The molecular weight excluding hydrogens is 588 g/mol. The van der Waals surface area contributed by atoms with Crippen LogP contribution < -0.4 is 0 Å². The third-order valence-electron chi connectivity index (χ3n) is 9.01. The molecule has 0 rings (SSSR count). The van der Waals surface area contributed by atoms with Crippen LogP contribution in [-0.2, 0) is 9.53 Å². The fourth-order valence-electron chi connectivity index (χ4n) is 5.88. The quantitative estimate of drug-likeness (QED) is 0.0374. The number of nitrogens with zero attached hydrogens (tertiary/aromatic N) is 2. The average Bonchev–Trinajstić information content (AvgIpc) is 3.07. The summed E-state index contributed by atoms with van der Waals surface area (Å²) < 4.78 is 5.60. The molecule has 0 heterocycles. The van der Waals surface area contributed by atoms with Crippen molar-refractivity contribution in [1.82, 2.24) is 9.80 Å². The minimum absolute atomic E-state index is 0.0424. The number of ether oxygens (including phenoxy) is 1. The number of carbonyl (C=O) groups excluding carboxylic acids is 1. The standard InChI is InChI=1S/C44H82N2O2/c1-5-7-9-11-13-15-17-19-21-23-25-27-29-31-33-35-40-46(42-43-48-44(47)38-37-39-45(3)4)41-36-34-32-30-28-26-24-22-20-18-16-14-12-10-8-6-2/h13-16,19-22H,5-12,17-18,23-43H2,1-4H3/b15-13+,16-14+,21-19+,22-20+. The molecule has 280 valence electrons. The van der Waals surface area contributed by atoms with Gasteiger partial charge in [0.15, 0.2) is 0 Å². The van der Waals surface area contributed by atoms with Crippen molar-refractivity contribution in [1.29, 1.82) is 0 Å². The number of unbranched alkanes of at least 4 members (excludes halogenated alkanes) is 18. The van der Waals surface area contributed by atoms with Crippen LogP contribution in [0.4, 0.5) is 0 Å². The average molecular weight is 671 g/mol. The Morgan fingerprint density at radius 1 is 0.458 bits per heavy atom. The van der Waals surface area contributed by atoms with Crippen molar-refractivity contribution in [3.8, 4) is 0 Å². The highest BCUT2D eigenvalue weighted by molar-refractivity contribution is 5.69. The van der Waals surface area contributed by atoms with Gasteiger partial charge >= 0.3 is 5.97 Å². The van der Waals surface area contributed by atoms with Crippen molar-refractivity contribution in [2.45, 2.75) is 181 Å². The van der Waals surface area contributed by atoms with Crippen LogP contribution in [0.25, 0.3) is 0 Å². The van der Waals surface area contributed by atoms with Gasteiger partial charge in [0.05, 0.1) is 0 Å².